The molecule has 0 aliphatic carbocycles. The first-order valence-electron chi connectivity index (χ1n) is 6.91. The Labute approximate surface area is 118 Å². The minimum Gasteiger partial charge on any atom is -0.398 e. The number of hydrogen-bond donors (Lipinski definition) is 1. The van der Waals surface area contributed by atoms with Gasteiger partial charge in [0.1, 0.15) is 0 Å². The zero-order valence-electron chi connectivity index (χ0n) is 11.3. The van der Waals surface area contributed by atoms with Gasteiger partial charge in [0.15, 0.2) is 0 Å². The van der Waals surface area contributed by atoms with Crippen molar-refractivity contribution in [3.63, 3.8) is 0 Å². The summed E-state index contributed by atoms with van der Waals surface area (Å²) >= 11 is 0. The predicted molar refractivity (Wildman–Crippen MR) is 78.4 cm³/mol. The lowest BCUT2D eigenvalue weighted by Crippen LogP contribution is -2.36. The number of carbonyl (C=O) groups is 1. The first kappa shape index (κ1) is 12.7. The molecule has 0 spiro atoms. The Kier molecular flexibility index (Phi) is 3.41. The smallest absolute Gasteiger partial charge is 0.228 e. The van der Waals surface area contributed by atoms with Gasteiger partial charge in [0.05, 0.1) is 0 Å². The molecule has 1 aromatic carbocycles. The van der Waals surface area contributed by atoms with Crippen molar-refractivity contribution >= 4 is 17.3 Å². The summed E-state index contributed by atoms with van der Waals surface area (Å²) in [4.78, 5) is 14.3. The fourth-order valence-corrected chi connectivity index (χ4v) is 2.69. The molecule has 5 heteroatoms. The van der Waals surface area contributed by atoms with Crippen LogP contribution in [-0.2, 0) is 17.8 Å². The first-order chi connectivity index (χ1) is 9.75. The van der Waals surface area contributed by atoms with E-state index in [4.69, 9.17) is 5.73 Å². The molecule has 0 unspecified atom stereocenters. The Morgan fingerprint density at radius 1 is 1.35 bits per heavy atom. The molecule has 104 valence electrons. The molecule has 5 nitrogen and oxygen atoms in total. The molecular formula is C15H18N4O. The normalized spacial score (nSPS) is 14.1. The van der Waals surface area contributed by atoms with Gasteiger partial charge in [-0.25, -0.2) is 0 Å². The Balaban J connectivity index is 1.75. The molecular weight excluding hydrogens is 252 g/mol. The van der Waals surface area contributed by atoms with Crippen LogP contribution in [0.4, 0.5) is 11.4 Å². The van der Waals surface area contributed by atoms with Crippen LogP contribution in [0.2, 0.25) is 0 Å². The molecule has 1 amide bonds. The standard InChI is InChI=1S/C15H18N4O/c16-13-5-1-6-14-12(13)4-2-10-19(14)15(20)7-11-18-9-3-8-17-18/h1,3,5-6,8-9H,2,4,7,10-11,16H2. The second-order valence-corrected chi connectivity index (χ2v) is 5.01. The van der Waals surface area contributed by atoms with Crippen molar-refractivity contribution in [2.45, 2.75) is 25.8 Å². The number of aryl methyl sites for hydroxylation is 1. The van der Waals surface area contributed by atoms with E-state index < -0.39 is 0 Å². The van der Waals surface area contributed by atoms with E-state index in [0.717, 1.165) is 36.3 Å². The average molecular weight is 270 g/mol. The van der Waals surface area contributed by atoms with Gasteiger partial charge in [0, 0.05) is 43.3 Å². The highest BCUT2D eigenvalue weighted by Crippen LogP contribution is 2.31. The quantitative estimate of drug-likeness (QED) is 0.865. The third-order valence-corrected chi connectivity index (χ3v) is 3.70. The Hall–Kier alpha value is -2.30. The van der Waals surface area contributed by atoms with Gasteiger partial charge >= 0.3 is 0 Å². The van der Waals surface area contributed by atoms with Gasteiger partial charge < -0.3 is 10.6 Å². The largest absolute Gasteiger partial charge is 0.398 e. The van der Waals surface area contributed by atoms with E-state index >= 15 is 0 Å². The number of anilines is 2. The fraction of sp³-hybridized carbons (Fsp3) is 0.333. The minimum absolute atomic E-state index is 0.132. The van der Waals surface area contributed by atoms with Crippen molar-refractivity contribution in [1.82, 2.24) is 9.78 Å². The summed E-state index contributed by atoms with van der Waals surface area (Å²) in [5.41, 5.74) is 8.86. The summed E-state index contributed by atoms with van der Waals surface area (Å²) in [7, 11) is 0. The second-order valence-electron chi connectivity index (χ2n) is 5.01. The van der Waals surface area contributed by atoms with Gasteiger partial charge in [-0.1, -0.05) is 6.07 Å². The number of nitrogen functional groups attached to an aromatic ring is 1. The number of rotatable bonds is 3. The highest BCUT2D eigenvalue weighted by molar-refractivity contribution is 5.95. The van der Waals surface area contributed by atoms with Crippen molar-refractivity contribution < 1.29 is 4.79 Å². The third-order valence-electron chi connectivity index (χ3n) is 3.70. The SMILES string of the molecule is Nc1cccc2c1CCCN2C(=O)CCn1cccn1. The molecule has 20 heavy (non-hydrogen) atoms. The van der Waals surface area contributed by atoms with E-state index in [0.29, 0.717) is 13.0 Å². The van der Waals surface area contributed by atoms with Crippen LogP contribution in [-0.4, -0.2) is 22.2 Å². The van der Waals surface area contributed by atoms with Crippen LogP contribution < -0.4 is 10.6 Å². The molecule has 0 fully saturated rings. The lowest BCUT2D eigenvalue weighted by molar-refractivity contribution is -0.118. The van der Waals surface area contributed by atoms with Crippen LogP contribution in [0.1, 0.15) is 18.4 Å². The topological polar surface area (TPSA) is 64.2 Å². The van der Waals surface area contributed by atoms with Crippen molar-refractivity contribution in [1.29, 1.82) is 0 Å². The molecule has 1 aliphatic heterocycles. The molecule has 0 radical (unpaired) electrons. The van der Waals surface area contributed by atoms with Gasteiger partial charge in [0.25, 0.3) is 0 Å². The van der Waals surface area contributed by atoms with Crippen molar-refractivity contribution in [3.8, 4) is 0 Å². The molecule has 0 bridgehead atoms. The van der Waals surface area contributed by atoms with Crippen LogP contribution in [0.5, 0.6) is 0 Å². The van der Waals surface area contributed by atoms with Crippen LogP contribution in [0.25, 0.3) is 0 Å². The Morgan fingerprint density at radius 3 is 3.05 bits per heavy atom. The maximum Gasteiger partial charge on any atom is 0.228 e. The first-order valence-corrected chi connectivity index (χ1v) is 6.91. The molecule has 2 aromatic rings. The highest BCUT2D eigenvalue weighted by atomic mass is 16.2. The monoisotopic (exact) mass is 270 g/mol. The van der Waals surface area contributed by atoms with E-state index in [-0.39, 0.29) is 5.91 Å². The number of nitrogens with zero attached hydrogens (tertiary/aromatic N) is 3. The minimum atomic E-state index is 0.132. The van der Waals surface area contributed by atoms with Crippen LogP contribution in [0.3, 0.4) is 0 Å². The number of fused-ring (bicyclic) bond motifs is 1. The molecule has 2 N–H and O–H groups in total. The molecule has 0 saturated heterocycles. The third kappa shape index (κ3) is 2.39. The lowest BCUT2D eigenvalue weighted by Gasteiger charge is -2.30. The van der Waals surface area contributed by atoms with Crippen LogP contribution in [0, 0.1) is 0 Å². The molecule has 2 heterocycles. The number of nitrogens with two attached hydrogens (primary N) is 1. The molecule has 0 saturated carbocycles. The maximum absolute atomic E-state index is 12.4. The Bertz CT molecular complexity index is 606. The van der Waals surface area contributed by atoms with Gasteiger partial charge in [0.2, 0.25) is 5.91 Å². The number of amides is 1. The van der Waals surface area contributed by atoms with Gasteiger partial charge in [-0.05, 0) is 36.6 Å². The zero-order chi connectivity index (χ0) is 13.9. The highest BCUT2D eigenvalue weighted by Gasteiger charge is 2.23. The molecule has 0 atom stereocenters. The average Bonchev–Trinajstić information content (AvgIpc) is 2.98. The van der Waals surface area contributed by atoms with Crippen molar-refractivity contribution in [3.05, 3.63) is 42.2 Å². The zero-order valence-corrected chi connectivity index (χ0v) is 11.3. The summed E-state index contributed by atoms with van der Waals surface area (Å²) in [5, 5.41) is 4.12. The summed E-state index contributed by atoms with van der Waals surface area (Å²) in [6.07, 6.45) is 5.96. The predicted octanol–water partition coefficient (Wildman–Crippen LogP) is 1.83. The van der Waals surface area contributed by atoms with Gasteiger partial charge in [-0.2, -0.15) is 5.10 Å². The summed E-state index contributed by atoms with van der Waals surface area (Å²) in [6.45, 7) is 1.38. The van der Waals surface area contributed by atoms with Crippen molar-refractivity contribution in [2.75, 3.05) is 17.2 Å². The number of carbonyl (C=O) groups excluding carboxylic acids is 1. The number of aromatic nitrogens is 2. The maximum atomic E-state index is 12.4. The lowest BCUT2D eigenvalue weighted by atomic mass is 9.99. The summed E-state index contributed by atoms with van der Waals surface area (Å²) < 4.78 is 1.78. The Morgan fingerprint density at radius 2 is 2.25 bits per heavy atom. The van der Waals surface area contributed by atoms with E-state index in [9.17, 15) is 4.79 Å². The summed E-state index contributed by atoms with van der Waals surface area (Å²) in [6, 6.07) is 7.65. The molecule has 1 aromatic heterocycles. The number of benzene rings is 1. The molecule has 1 aliphatic rings. The summed E-state index contributed by atoms with van der Waals surface area (Å²) in [5.74, 6) is 0.132. The van der Waals surface area contributed by atoms with E-state index in [1.54, 1.807) is 10.9 Å². The van der Waals surface area contributed by atoms with Gasteiger partial charge in [-0.15, -0.1) is 0 Å². The fourth-order valence-electron chi connectivity index (χ4n) is 2.69. The van der Waals surface area contributed by atoms with Gasteiger partial charge in [-0.3, -0.25) is 9.48 Å². The van der Waals surface area contributed by atoms with E-state index in [1.165, 1.54) is 0 Å². The second kappa shape index (κ2) is 5.36. The van der Waals surface area contributed by atoms with Crippen LogP contribution >= 0.6 is 0 Å². The van der Waals surface area contributed by atoms with Crippen LogP contribution in [0.15, 0.2) is 36.7 Å². The van der Waals surface area contributed by atoms with E-state index in [1.807, 2.05) is 35.4 Å². The number of hydrogen-bond acceptors (Lipinski definition) is 3. The van der Waals surface area contributed by atoms with E-state index in [2.05, 4.69) is 5.10 Å². The van der Waals surface area contributed by atoms with Crippen molar-refractivity contribution in [2.24, 2.45) is 0 Å². The molecule has 3 rings (SSSR count).